The van der Waals surface area contributed by atoms with Crippen LogP contribution in [0, 0.1) is 0 Å². The van der Waals surface area contributed by atoms with E-state index in [9.17, 15) is 9.59 Å². The van der Waals surface area contributed by atoms with Crippen LogP contribution in [0.3, 0.4) is 0 Å². The van der Waals surface area contributed by atoms with Crippen molar-refractivity contribution in [2.45, 2.75) is 6.92 Å². The van der Waals surface area contributed by atoms with Crippen LogP contribution < -0.4 is 15.5 Å². The number of amides is 2. The van der Waals surface area contributed by atoms with Gasteiger partial charge in [-0.15, -0.1) is 0 Å². The summed E-state index contributed by atoms with van der Waals surface area (Å²) in [5, 5.41) is 11.7. The molecule has 0 atom stereocenters. The molecule has 124 valence electrons. The van der Waals surface area contributed by atoms with Gasteiger partial charge in [0.05, 0.1) is 0 Å². The van der Waals surface area contributed by atoms with Crippen LogP contribution in [-0.2, 0) is 9.59 Å². The standard InChI is InChI=1S/C17H15ClN2O4/c1-11(21)19-14-6-7-16(12(9-14)5-8-17(22)20-23)24-15-4-2-3-13(18)10-15/h2-10,23H,1H3,(H,19,21)(H,20,22)/b8-5+. The molecule has 6 nitrogen and oxygen atoms in total. The molecule has 3 N–H and O–H groups in total. The molecule has 2 aromatic carbocycles. The lowest BCUT2D eigenvalue weighted by atomic mass is 10.1. The van der Waals surface area contributed by atoms with Gasteiger partial charge >= 0.3 is 0 Å². The summed E-state index contributed by atoms with van der Waals surface area (Å²) in [6.07, 6.45) is 2.59. The topological polar surface area (TPSA) is 87.7 Å². The van der Waals surface area contributed by atoms with Crippen molar-refractivity contribution in [1.82, 2.24) is 5.48 Å². The molecule has 24 heavy (non-hydrogen) atoms. The monoisotopic (exact) mass is 346 g/mol. The minimum Gasteiger partial charge on any atom is -0.457 e. The molecule has 0 saturated carbocycles. The van der Waals surface area contributed by atoms with Crippen molar-refractivity contribution in [3.63, 3.8) is 0 Å². The van der Waals surface area contributed by atoms with Gasteiger partial charge in [-0.1, -0.05) is 17.7 Å². The Labute approximate surface area is 143 Å². The van der Waals surface area contributed by atoms with Crippen molar-refractivity contribution in [2.75, 3.05) is 5.32 Å². The van der Waals surface area contributed by atoms with Crippen LogP contribution in [0.1, 0.15) is 12.5 Å². The largest absolute Gasteiger partial charge is 0.457 e. The summed E-state index contributed by atoms with van der Waals surface area (Å²) >= 11 is 5.93. The Morgan fingerprint density at radius 2 is 2.00 bits per heavy atom. The summed E-state index contributed by atoms with van der Waals surface area (Å²) < 4.78 is 5.77. The summed E-state index contributed by atoms with van der Waals surface area (Å²) in [5.74, 6) is 0.0690. The molecule has 0 radical (unpaired) electrons. The summed E-state index contributed by atoms with van der Waals surface area (Å²) in [5.41, 5.74) is 2.58. The van der Waals surface area contributed by atoms with E-state index in [0.717, 1.165) is 6.08 Å². The number of carbonyl (C=O) groups excluding carboxylic acids is 2. The average Bonchev–Trinajstić information content (AvgIpc) is 2.54. The Kier molecular flexibility index (Phi) is 5.95. The van der Waals surface area contributed by atoms with Gasteiger partial charge in [0.1, 0.15) is 11.5 Å². The fraction of sp³-hybridized carbons (Fsp3) is 0.0588. The van der Waals surface area contributed by atoms with E-state index in [1.54, 1.807) is 42.5 Å². The highest BCUT2D eigenvalue weighted by atomic mass is 35.5. The predicted octanol–water partition coefficient (Wildman–Crippen LogP) is 3.61. The molecule has 0 unspecified atom stereocenters. The van der Waals surface area contributed by atoms with Crippen molar-refractivity contribution >= 4 is 35.2 Å². The van der Waals surface area contributed by atoms with Crippen LogP contribution in [0.4, 0.5) is 5.69 Å². The van der Waals surface area contributed by atoms with E-state index in [1.807, 2.05) is 0 Å². The number of benzene rings is 2. The minimum atomic E-state index is -0.686. The number of hydrogen-bond acceptors (Lipinski definition) is 4. The van der Waals surface area contributed by atoms with Crippen molar-refractivity contribution in [2.24, 2.45) is 0 Å². The number of anilines is 1. The molecule has 0 spiro atoms. The van der Waals surface area contributed by atoms with Gasteiger partial charge in [0.25, 0.3) is 5.91 Å². The van der Waals surface area contributed by atoms with E-state index in [0.29, 0.717) is 27.8 Å². The maximum Gasteiger partial charge on any atom is 0.267 e. The molecule has 2 rings (SSSR count). The first kappa shape index (κ1) is 17.5. The highest BCUT2D eigenvalue weighted by Crippen LogP contribution is 2.30. The SMILES string of the molecule is CC(=O)Nc1ccc(Oc2cccc(Cl)c2)c(/C=C/C(=O)NO)c1. The Morgan fingerprint density at radius 3 is 2.67 bits per heavy atom. The quantitative estimate of drug-likeness (QED) is 0.438. The van der Waals surface area contributed by atoms with Crippen LogP contribution in [0.5, 0.6) is 11.5 Å². The zero-order valence-corrected chi connectivity index (χ0v) is 13.5. The third-order valence-corrected chi connectivity index (χ3v) is 3.11. The second-order valence-electron chi connectivity index (χ2n) is 4.80. The van der Waals surface area contributed by atoms with Crippen molar-refractivity contribution in [1.29, 1.82) is 0 Å². The zero-order valence-electron chi connectivity index (χ0n) is 12.7. The third-order valence-electron chi connectivity index (χ3n) is 2.88. The molecule has 0 bridgehead atoms. The summed E-state index contributed by atoms with van der Waals surface area (Å²) in [6.45, 7) is 1.39. The lowest BCUT2D eigenvalue weighted by Gasteiger charge is -2.11. The van der Waals surface area contributed by atoms with Gasteiger partial charge in [0.15, 0.2) is 0 Å². The van der Waals surface area contributed by atoms with E-state index in [4.69, 9.17) is 21.5 Å². The first-order valence-corrected chi connectivity index (χ1v) is 7.33. The van der Waals surface area contributed by atoms with E-state index < -0.39 is 5.91 Å². The molecule has 0 aromatic heterocycles. The predicted molar refractivity (Wildman–Crippen MR) is 91.2 cm³/mol. The number of halogens is 1. The van der Waals surface area contributed by atoms with Gasteiger partial charge in [-0.05, 0) is 42.5 Å². The fourth-order valence-electron chi connectivity index (χ4n) is 1.91. The molecule has 0 aliphatic heterocycles. The molecule has 7 heteroatoms. The number of rotatable bonds is 5. The molecule has 0 fully saturated rings. The Hall–Kier alpha value is -2.83. The van der Waals surface area contributed by atoms with E-state index >= 15 is 0 Å². The van der Waals surface area contributed by atoms with Crippen LogP contribution in [0.2, 0.25) is 5.02 Å². The van der Waals surface area contributed by atoms with Crippen LogP contribution in [0.15, 0.2) is 48.5 Å². The maximum atomic E-state index is 11.2. The van der Waals surface area contributed by atoms with Gasteiger partial charge < -0.3 is 10.1 Å². The van der Waals surface area contributed by atoms with E-state index in [2.05, 4.69) is 5.32 Å². The van der Waals surface area contributed by atoms with E-state index in [-0.39, 0.29) is 5.91 Å². The number of carbonyl (C=O) groups is 2. The zero-order chi connectivity index (χ0) is 17.5. The molecular weight excluding hydrogens is 332 g/mol. The summed E-state index contributed by atoms with van der Waals surface area (Å²) in [7, 11) is 0. The van der Waals surface area contributed by atoms with Crippen LogP contribution >= 0.6 is 11.6 Å². The molecule has 0 aliphatic rings. The molecule has 2 amide bonds. The molecule has 0 aliphatic carbocycles. The lowest BCUT2D eigenvalue weighted by molar-refractivity contribution is -0.124. The van der Waals surface area contributed by atoms with Crippen molar-refractivity contribution in [3.05, 3.63) is 59.1 Å². The number of hydrogen-bond donors (Lipinski definition) is 3. The van der Waals surface area contributed by atoms with Gasteiger partial charge in [0.2, 0.25) is 5.91 Å². The number of hydroxylamine groups is 1. The van der Waals surface area contributed by atoms with Crippen molar-refractivity contribution < 1.29 is 19.5 Å². The van der Waals surface area contributed by atoms with Crippen molar-refractivity contribution in [3.8, 4) is 11.5 Å². The third kappa shape index (κ3) is 5.12. The minimum absolute atomic E-state index is 0.221. The highest BCUT2D eigenvalue weighted by molar-refractivity contribution is 6.30. The normalized spacial score (nSPS) is 10.5. The Morgan fingerprint density at radius 1 is 1.21 bits per heavy atom. The van der Waals surface area contributed by atoms with Gasteiger partial charge in [-0.2, -0.15) is 0 Å². The van der Waals surface area contributed by atoms with E-state index in [1.165, 1.54) is 18.5 Å². The average molecular weight is 347 g/mol. The van der Waals surface area contributed by atoms with Crippen LogP contribution in [-0.4, -0.2) is 17.0 Å². The molecule has 0 saturated heterocycles. The first-order chi connectivity index (χ1) is 11.5. The second-order valence-corrected chi connectivity index (χ2v) is 5.24. The molecule has 0 heterocycles. The highest BCUT2D eigenvalue weighted by Gasteiger charge is 2.07. The maximum absolute atomic E-state index is 11.2. The fourth-order valence-corrected chi connectivity index (χ4v) is 2.09. The molecule has 2 aromatic rings. The smallest absolute Gasteiger partial charge is 0.267 e. The Balaban J connectivity index is 2.35. The van der Waals surface area contributed by atoms with Gasteiger partial charge in [-0.25, -0.2) is 5.48 Å². The number of ether oxygens (including phenoxy) is 1. The van der Waals surface area contributed by atoms with Crippen LogP contribution in [0.25, 0.3) is 6.08 Å². The Bertz CT molecular complexity index is 790. The summed E-state index contributed by atoms with van der Waals surface area (Å²) in [4.78, 5) is 22.4. The first-order valence-electron chi connectivity index (χ1n) is 6.95. The second kappa shape index (κ2) is 8.14. The van der Waals surface area contributed by atoms with Gasteiger partial charge in [0, 0.05) is 29.3 Å². The lowest BCUT2D eigenvalue weighted by Crippen LogP contribution is -2.14. The molecular formula is C17H15ClN2O4. The summed E-state index contributed by atoms with van der Waals surface area (Å²) in [6, 6.07) is 11.8. The number of nitrogens with one attached hydrogen (secondary N) is 2. The van der Waals surface area contributed by atoms with Gasteiger partial charge in [-0.3, -0.25) is 14.8 Å².